The number of thioether (sulfide) groups is 1. The van der Waals surface area contributed by atoms with Gasteiger partial charge in [-0.15, -0.1) is 28.1 Å². The van der Waals surface area contributed by atoms with Gasteiger partial charge in [-0.2, -0.15) is 0 Å². The topological polar surface area (TPSA) is 68.0 Å². The number of rotatable bonds is 6. The zero-order chi connectivity index (χ0) is 17.1. The van der Waals surface area contributed by atoms with Crippen molar-refractivity contribution in [3.63, 3.8) is 0 Å². The van der Waals surface area contributed by atoms with Crippen LogP contribution in [0, 0.1) is 5.92 Å². The molecule has 2 aromatic rings. The predicted molar refractivity (Wildman–Crippen MR) is 97.3 cm³/mol. The van der Waals surface area contributed by atoms with Gasteiger partial charge in [0.1, 0.15) is 0 Å². The van der Waals surface area contributed by atoms with E-state index in [9.17, 15) is 4.79 Å². The Hall–Kier alpha value is -1.60. The van der Waals surface area contributed by atoms with E-state index in [1.165, 1.54) is 28.6 Å². The Labute approximate surface area is 149 Å². The molecular formula is C17H21N3O2S2. The lowest BCUT2D eigenvalue weighted by atomic mass is 9.90. The summed E-state index contributed by atoms with van der Waals surface area (Å²) in [6, 6.07) is 2.18. The summed E-state index contributed by atoms with van der Waals surface area (Å²) in [6.07, 6.45) is 5.16. The van der Waals surface area contributed by atoms with Gasteiger partial charge >= 0.3 is 0 Å². The minimum Gasteiger partial charge on any atom is -0.410 e. The number of aryl methyl sites for hydroxylation is 1. The number of thiophene rings is 1. The highest BCUT2D eigenvalue weighted by atomic mass is 32.2. The molecule has 3 rings (SSSR count). The molecule has 0 fully saturated rings. The average molecular weight is 364 g/mol. The highest BCUT2D eigenvalue weighted by Crippen LogP contribution is 2.37. The van der Waals surface area contributed by atoms with Crippen molar-refractivity contribution in [1.82, 2.24) is 15.5 Å². The second-order valence-electron chi connectivity index (χ2n) is 6.07. The Morgan fingerprint density at radius 2 is 2.46 bits per heavy atom. The zero-order valence-electron chi connectivity index (χ0n) is 13.9. The van der Waals surface area contributed by atoms with E-state index in [0.29, 0.717) is 17.7 Å². The SMILES string of the molecule is C=CCNC(=O)C(C)Sc1nnc(-c2cc3c(s2)CCC(C)C3)o1. The molecule has 1 N–H and O–H groups in total. The van der Waals surface area contributed by atoms with Gasteiger partial charge in [-0.3, -0.25) is 4.79 Å². The lowest BCUT2D eigenvalue weighted by Gasteiger charge is -2.16. The van der Waals surface area contributed by atoms with Crippen LogP contribution in [0.1, 0.15) is 30.7 Å². The molecule has 2 aromatic heterocycles. The van der Waals surface area contributed by atoms with Crippen LogP contribution in [-0.4, -0.2) is 27.9 Å². The molecule has 0 aliphatic heterocycles. The monoisotopic (exact) mass is 363 g/mol. The molecular weight excluding hydrogens is 342 g/mol. The van der Waals surface area contributed by atoms with E-state index in [1.54, 1.807) is 17.4 Å². The molecule has 1 amide bonds. The smallest absolute Gasteiger partial charge is 0.277 e. The molecule has 5 nitrogen and oxygen atoms in total. The predicted octanol–water partition coefficient (Wildman–Crippen LogP) is 3.71. The van der Waals surface area contributed by atoms with Crippen LogP contribution in [0.25, 0.3) is 10.8 Å². The van der Waals surface area contributed by atoms with Crippen LogP contribution in [0.2, 0.25) is 0 Å². The van der Waals surface area contributed by atoms with Crippen molar-refractivity contribution < 1.29 is 9.21 Å². The summed E-state index contributed by atoms with van der Waals surface area (Å²) in [5.74, 6) is 1.21. The fourth-order valence-electron chi connectivity index (χ4n) is 2.69. The van der Waals surface area contributed by atoms with Crippen LogP contribution in [0.3, 0.4) is 0 Å². The van der Waals surface area contributed by atoms with E-state index in [2.05, 4.69) is 35.1 Å². The summed E-state index contributed by atoms with van der Waals surface area (Å²) in [6.45, 7) is 8.15. The molecule has 2 heterocycles. The molecule has 24 heavy (non-hydrogen) atoms. The van der Waals surface area contributed by atoms with Gasteiger partial charge in [-0.1, -0.05) is 24.8 Å². The molecule has 128 valence electrons. The van der Waals surface area contributed by atoms with Crippen LogP contribution in [0.4, 0.5) is 0 Å². The zero-order valence-corrected chi connectivity index (χ0v) is 15.5. The first kappa shape index (κ1) is 17.2. The Balaban J connectivity index is 1.67. The Kier molecular flexibility index (Phi) is 5.40. The third kappa shape index (κ3) is 3.89. The number of carbonyl (C=O) groups excluding carboxylic acids is 1. The Morgan fingerprint density at radius 1 is 1.62 bits per heavy atom. The number of nitrogens with one attached hydrogen (secondary N) is 1. The maximum absolute atomic E-state index is 11.9. The quantitative estimate of drug-likeness (QED) is 0.626. The number of nitrogens with zero attached hydrogens (tertiary/aromatic N) is 2. The normalized spacial score (nSPS) is 18.0. The van der Waals surface area contributed by atoms with Crippen molar-refractivity contribution in [2.24, 2.45) is 5.92 Å². The molecule has 0 saturated carbocycles. The van der Waals surface area contributed by atoms with Gasteiger partial charge in [0.2, 0.25) is 5.91 Å². The van der Waals surface area contributed by atoms with Crippen LogP contribution in [-0.2, 0) is 17.6 Å². The lowest BCUT2D eigenvalue weighted by molar-refractivity contribution is -0.120. The number of fused-ring (bicyclic) bond motifs is 1. The molecule has 0 bridgehead atoms. The first-order chi connectivity index (χ1) is 11.6. The maximum Gasteiger partial charge on any atom is 0.277 e. The molecule has 7 heteroatoms. The van der Waals surface area contributed by atoms with Crippen molar-refractivity contribution in [1.29, 1.82) is 0 Å². The third-order valence-electron chi connectivity index (χ3n) is 4.01. The fraction of sp³-hybridized carbons (Fsp3) is 0.471. The second kappa shape index (κ2) is 7.53. The van der Waals surface area contributed by atoms with Crippen molar-refractivity contribution >= 4 is 29.0 Å². The molecule has 2 atom stereocenters. The number of hydrogen-bond acceptors (Lipinski definition) is 6. The number of aromatic nitrogens is 2. The number of amides is 1. The van der Waals surface area contributed by atoms with Crippen molar-refractivity contribution in [3.8, 4) is 10.8 Å². The summed E-state index contributed by atoms with van der Waals surface area (Å²) in [4.78, 5) is 14.3. The molecule has 2 unspecified atom stereocenters. The van der Waals surface area contributed by atoms with E-state index < -0.39 is 0 Å². The summed E-state index contributed by atoms with van der Waals surface area (Å²) in [7, 11) is 0. The van der Waals surface area contributed by atoms with Crippen LogP contribution >= 0.6 is 23.1 Å². The minimum absolute atomic E-state index is 0.0692. The number of hydrogen-bond donors (Lipinski definition) is 1. The Bertz CT molecular complexity index is 738. The fourth-order valence-corrected chi connectivity index (χ4v) is 4.53. The molecule has 1 aliphatic rings. The summed E-state index contributed by atoms with van der Waals surface area (Å²) in [5, 5.41) is 11.1. The summed E-state index contributed by atoms with van der Waals surface area (Å²) in [5.41, 5.74) is 1.42. The summed E-state index contributed by atoms with van der Waals surface area (Å²) < 4.78 is 5.75. The first-order valence-corrected chi connectivity index (χ1v) is 9.77. The standard InChI is InChI=1S/C17H21N3O2S2/c1-4-7-18-15(21)11(3)23-17-20-19-16(22-17)14-9-12-8-10(2)5-6-13(12)24-14/h4,9-11H,1,5-8H2,2-3H3,(H,18,21). The van der Waals surface area contributed by atoms with Gasteiger partial charge in [0, 0.05) is 11.4 Å². The van der Waals surface area contributed by atoms with Gasteiger partial charge in [-0.05, 0) is 43.7 Å². The van der Waals surface area contributed by atoms with Crippen molar-refractivity contribution in [2.75, 3.05) is 6.54 Å². The summed E-state index contributed by atoms with van der Waals surface area (Å²) >= 11 is 3.02. The maximum atomic E-state index is 11.9. The third-order valence-corrected chi connectivity index (χ3v) is 6.17. The minimum atomic E-state index is -0.296. The first-order valence-electron chi connectivity index (χ1n) is 8.07. The van der Waals surface area contributed by atoms with E-state index in [-0.39, 0.29) is 11.2 Å². The highest BCUT2D eigenvalue weighted by molar-refractivity contribution is 8.00. The van der Waals surface area contributed by atoms with E-state index in [4.69, 9.17) is 4.42 Å². The van der Waals surface area contributed by atoms with Gasteiger partial charge < -0.3 is 9.73 Å². The van der Waals surface area contributed by atoms with E-state index >= 15 is 0 Å². The van der Waals surface area contributed by atoms with Crippen LogP contribution in [0.5, 0.6) is 0 Å². The molecule has 0 radical (unpaired) electrons. The van der Waals surface area contributed by atoms with Crippen LogP contribution in [0.15, 0.2) is 28.4 Å². The van der Waals surface area contributed by atoms with Gasteiger partial charge in [0.25, 0.3) is 11.1 Å². The van der Waals surface area contributed by atoms with Gasteiger partial charge in [-0.25, -0.2) is 0 Å². The number of carbonyl (C=O) groups is 1. The molecule has 1 aliphatic carbocycles. The largest absolute Gasteiger partial charge is 0.410 e. The van der Waals surface area contributed by atoms with Crippen molar-refractivity contribution in [3.05, 3.63) is 29.2 Å². The average Bonchev–Trinajstić information content (AvgIpc) is 3.18. The van der Waals surface area contributed by atoms with Crippen LogP contribution < -0.4 is 5.32 Å². The van der Waals surface area contributed by atoms with E-state index in [1.807, 2.05) is 6.92 Å². The second-order valence-corrected chi connectivity index (χ2v) is 8.50. The molecule has 0 spiro atoms. The molecule has 0 saturated heterocycles. The van der Waals surface area contributed by atoms with Gasteiger partial charge in [0.05, 0.1) is 10.1 Å². The molecule has 0 aromatic carbocycles. The van der Waals surface area contributed by atoms with E-state index in [0.717, 1.165) is 23.6 Å². The Morgan fingerprint density at radius 3 is 3.25 bits per heavy atom. The highest BCUT2D eigenvalue weighted by Gasteiger charge is 2.22. The van der Waals surface area contributed by atoms with Gasteiger partial charge in [0.15, 0.2) is 0 Å². The van der Waals surface area contributed by atoms with Crippen molar-refractivity contribution in [2.45, 2.75) is 43.6 Å². The lowest BCUT2D eigenvalue weighted by Crippen LogP contribution is -2.30.